The summed E-state index contributed by atoms with van der Waals surface area (Å²) in [6.07, 6.45) is 2.94. The van der Waals surface area contributed by atoms with E-state index in [1.54, 1.807) is 6.07 Å². The van der Waals surface area contributed by atoms with Gasteiger partial charge in [-0.25, -0.2) is 0 Å². The molecular formula is C14H24ClN3OS. The maximum atomic E-state index is 10.0. The minimum absolute atomic E-state index is 0.333. The van der Waals surface area contributed by atoms with Crippen molar-refractivity contribution in [3.63, 3.8) is 0 Å². The van der Waals surface area contributed by atoms with Gasteiger partial charge in [0.15, 0.2) is 5.96 Å². The van der Waals surface area contributed by atoms with Gasteiger partial charge in [0.1, 0.15) is 6.10 Å². The second-order valence-corrected chi connectivity index (χ2v) is 6.26. The predicted octanol–water partition coefficient (Wildman–Crippen LogP) is 3.18. The van der Waals surface area contributed by atoms with Gasteiger partial charge in [-0.1, -0.05) is 31.4 Å². The van der Waals surface area contributed by atoms with Crippen LogP contribution in [0, 0.1) is 0 Å². The molecule has 6 heteroatoms. The number of aliphatic imine (C=N–C) groups is 1. The fourth-order valence-electron chi connectivity index (χ4n) is 1.70. The van der Waals surface area contributed by atoms with Crippen LogP contribution in [0.15, 0.2) is 17.1 Å². The molecule has 0 radical (unpaired) electrons. The van der Waals surface area contributed by atoms with Gasteiger partial charge < -0.3 is 15.7 Å². The van der Waals surface area contributed by atoms with Crippen molar-refractivity contribution in [2.45, 2.75) is 39.2 Å². The summed E-state index contributed by atoms with van der Waals surface area (Å²) >= 11 is 7.25. The van der Waals surface area contributed by atoms with Crippen LogP contribution < -0.4 is 10.6 Å². The van der Waals surface area contributed by atoms with Crippen LogP contribution in [-0.2, 0) is 0 Å². The van der Waals surface area contributed by atoms with Crippen LogP contribution in [0.5, 0.6) is 0 Å². The highest BCUT2D eigenvalue weighted by Gasteiger charge is 2.10. The van der Waals surface area contributed by atoms with Crippen LogP contribution in [0.2, 0.25) is 4.34 Å². The van der Waals surface area contributed by atoms with E-state index in [9.17, 15) is 5.11 Å². The smallest absolute Gasteiger partial charge is 0.191 e. The number of guanidine groups is 1. The standard InChI is InChI=1S/C14H24ClN3OS/c1-3-5-6-9-17-14(16-4-2)18-10-11(19)12-7-8-13(15)20-12/h7-8,11,19H,3-6,9-10H2,1-2H3,(H2,16,17,18). The summed E-state index contributed by atoms with van der Waals surface area (Å²) in [5, 5.41) is 16.5. The SMILES string of the molecule is CCCCCNC(=NCC(O)c1ccc(Cl)s1)NCC. The number of hydrogen-bond acceptors (Lipinski definition) is 3. The fourth-order valence-corrected chi connectivity index (χ4v) is 2.74. The van der Waals surface area contributed by atoms with Crippen LogP contribution >= 0.6 is 22.9 Å². The summed E-state index contributed by atoms with van der Waals surface area (Å²) in [6, 6.07) is 3.64. The lowest BCUT2D eigenvalue weighted by molar-refractivity contribution is 0.191. The molecule has 114 valence electrons. The van der Waals surface area contributed by atoms with Crippen molar-refractivity contribution in [1.29, 1.82) is 0 Å². The average Bonchev–Trinajstić information content (AvgIpc) is 2.87. The molecular weight excluding hydrogens is 294 g/mol. The molecule has 0 spiro atoms. The molecule has 0 amide bonds. The summed E-state index contributed by atoms with van der Waals surface area (Å²) in [5.41, 5.74) is 0. The molecule has 1 aromatic heterocycles. The highest BCUT2D eigenvalue weighted by Crippen LogP contribution is 2.26. The Hall–Kier alpha value is -0.780. The number of thiophene rings is 1. The largest absolute Gasteiger partial charge is 0.386 e. The maximum absolute atomic E-state index is 10.0. The summed E-state index contributed by atoms with van der Waals surface area (Å²) in [4.78, 5) is 5.25. The molecule has 0 aromatic carbocycles. The van der Waals surface area contributed by atoms with Crippen LogP contribution in [0.25, 0.3) is 0 Å². The van der Waals surface area contributed by atoms with Gasteiger partial charge in [0.25, 0.3) is 0 Å². The Morgan fingerprint density at radius 3 is 2.75 bits per heavy atom. The molecule has 20 heavy (non-hydrogen) atoms. The Kier molecular flexibility index (Phi) is 8.65. The molecule has 0 fully saturated rings. The van der Waals surface area contributed by atoms with Gasteiger partial charge in [-0.3, -0.25) is 4.99 Å². The van der Waals surface area contributed by atoms with E-state index in [1.807, 2.05) is 13.0 Å². The second-order valence-electron chi connectivity index (χ2n) is 4.51. The molecule has 1 rings (SSSR count). The first-order chi connectivity index (χ1) is 9.67. The molecule has 0 saturated heterocycles. The molecule has 1 atom stereocenters. The molecule has 0 saturated carbocycles. The van der Waals surface area contributed by atoms with Crippen molar-refractivity contribution in [2.24, 2.45) is 4.99 Å². The van der Waals surface area contributed by atoms with Gasteiger partial charge in [0.05, 0.1) is 10.9 Å². The van der Waals surface area contributed by atoms with Gasteiger partial charge in [0.2, 0.25) is 0 Å². The van der Waals surface area contributed by atoms with Gasteiger partial charge >= 0.3 is 0 Å². The number of aliphatic hydroxyl groups excluding tert-OH is 1. The van der Waals surface area contributed by atoms with Gasteiger partial charge in [0, 0.05) is 18.0 Å². The van der Waals surface area contributed by atoms with Crippen molar-refractivity contribution in [3.8, 4) is 0 Å². The van der Waals surface area contributed by atoms with E-state index in [0.29, 0.717) is 10.9 Å². The average molecular weight is 318 g/mol. The minimum Gasteiger partial charge on any atom is -0.386 e. The quantitative estimate of drug-likeness (QED) is 0.392. The molecule has 1 aromatic rings. The minimum atomic E-state index is -0.599. The Bertz CT molecular complexity index is 409. The Labute approximate surface area is 130 Å². The third-order valence-corrected chi connectivity index (χ3v) is 4.09. The first kappa shape index (κ1) is 17.3. The van der Waals surface area contributed by atoms with Gasteiger partial charge in [-0.2, -0.15) is 0 Å². The Morgan fingerprint density at radius 1 is 1.35 bits per heavy atom. The first-order valence-corrected chi connectivity index (χ1v) is 8.32. The van der Waals surface area contributed by atoms with E-state index >= 15 is 0 Å². The normalized spacial score (nSPS) is 13.3. The zero-order valence-corrected chi connectivity index (χ0v) is 13.7. The van der Waals surface area contributed by atoms with E-state index in [0.717, 1.165) is 30.3 Å². The van der Waals surface area contributed by atoms with Gasteiger partial charge in [-0.05, 0) is 25.5 Å². The van der Waals surface area contributed by atoms with Crippen LogP contribution in [-0.4, -0.2) is 30.7 Å². The number of unbranched alkanes of at least 4 members (excludes halogenated alkanes) is 2. The number of halogens is 1. The Balaban J connectivity index is 2.44. The zero-order valence-electron chi connectivity index (χ0n) is 12.2. The molecule has 1 unspecified atom stereocenters. The predicted molar refractivity (Wildman–Crippen MR) is 87.8 cm³/mol. The number of aliphatic hydroxyl groups is 1. The van der Waals surface area contributed by atoms with E-state index in [4.69, 9.17) is 11.6 Å². The third-order valence-electron chi connectivity index (χ3n) is 2.76. The maximum Gasteiger partial charge on any atom is 0.191 e. The lowest BCUT2D eigenvalue weighted by atomic mass is 10.2. The molecule has 3 N–H and O–H groups in total. The van der Waals surface area contributed by atoms with Crippen LogP contribution in [0.3, 0.4) is 0 Å². The fraction of sp³-hybridized carbons (Fsp3) is 0.643. The van der Waals surface area contributed by atoms with Crippen molar-refractivity contribution in [1.82, 2.24) is 10.6 Å². The third kappa shape index (κ3) is 6.59. The second kappa shape index (κ2) is 10.0. The molecule has 1 heterocycles. The molecule has 0 aliphatic carbocycles. The monoisotopic (exact) mass is 317 g/mol. The van der Waals surface area contributed by atoms with E-state index in [-0.39, 0.29) is 0 Å². The first-order valence-electron chi connectivity index (χ1n) is 7.12. The van der Waals surface area contributed by atoms with Crippen molar-refractivity contribution >= 4 is 28.9 Å². The summed E-state index contributed by atoms with van der Waals surface area (Å²) in [5.74, 6) is 0.755. The highest BCUT2D eigenvalue weighted by molar-refractivity contribution is 7.16. The highest BCUT2D eigenvalue weighted by atomic mass is 35.5. The van der Waals surface area contributed by atoms with Crippen LogP contribution in [0.4, 0.5) is 0 Å². The van der Waals surface area contributed by atoms with E-state index in [1.165, 1.54) is 24.2 Å². The van der Waals surface area contributed by atoms with Crippen molar-refractivity contribution < 1.29 is 5.11 Å². The summed E-state index contributed by atoms with van der Waals surface area (Å²) in [6.45, 7) is 6.25. The Morgan fingerprint density at radius 2 is 2.15 bits per heavy atom. The summed E-state index contributed by atoms with van der Waals surface area (Å²) in [7, 11) is 0. The number of nitrogens with one attached hydrogen (secondary N) is 2. The topological polar surface area (TPSA) is 56.7 Å². The van der Waals surface area contributed by atoms with E-state index < -0.39 is 6.10 Å². The molecule has 0 aliphatic rings. The molecule has 0 bridgehead atoms. The van der Waals surface area contributed by atoms with Gasteiger partial charge in [-0.15, -0.1) is 11.3 Å². The van der Waals surface area contributed by atoms with E-state index in [2.05, 4.69) is 22.5 Å². The number of rotatable bonds is 8. The lowest BCUT2D eigenvalue weighted by Crippen LogP contribution is -2.38. The lowest BCUT2D eigenvalue weighted by Gasteiger charge is -2.12. The zero-order chi connectivity index (χ0) is 14.8. The number of hydrogen-bond donors (Lipinski definition) is 3. The number of nitrogens with zero attached hydrogens (tertiary/aromatic N) is 1. The van der Waals surface area contributed by atoms with Crippen molar-refractivity contribution in [3.05, 3.63) is 21.3 Å². The van der Waals surface area contributed by atoms with Crippen molar-refractivity contribution in [2.75, 3.05) is 19.6 Å². The summed E-state index contributed by atoms with van der Waals surface area (Å²) < 4.78 is 0.688. The molecule has 4 nitrogen and oxygen atoms in total. The molecule has 0 aliphatic heterocycles. The van der Waals surface area contributed by atoms with Crippen LogP contribution in [0.1, 0.15) is 44.1 Å².